The van der Waals surface area contributed by atoms with Crippen LogP contribution in [-0.2, 0) is 30.4 Å². The minimum Gasteiger partial charge on any atom is -0.376 e. The van der Waals surface area contributed by atoms with E-state index in [0.29, 0.717) is 32.3 Å². The van der Waals surface area contributed by atoms with Crippen molar-refractivity contribution in [1.29, 1.82) is 0 Å². The number of piperidine rings is 1. The van der Waals surface area contributed by atoms with Gasteiger partial charge in [0, 0.05) is 69.1 Å². The van der Waals surface area contributed by atoms with Crippen LogP contribution in [0.2, 0.25) is 0 Å². The average molecular weight is 418 g/mol. The standard InChI is InChI=1S/C21H28F2N6O/c1-15-16(10-25-27(15)2)11-28-6-3-20(13-28)14-30-12-17-9-24-19(26-18(17)20)29-7-4-21(22,23)5-8-29/h9-10H,3-8,11-14H2,1-2H3. The number of hydrogen-bond donors (Lipinski definition) is 0. The molecule has 0 aromatic carbocycles. The summed E-state index contributed by atoms with van der Waals surface area (Å²) in [6, 6.07) is 0. The first-order valence-corrected chi connectivity index (χ1v) is 10.6. The van der Waals surface area contributed by atoms with Gasteiger partial charge in [-0.2, -0.15) is 5.10 Å². The maximum atomic E-state index is 13.6. The topological polar surface area (TPSA) is 59.3 Å². The first-order valence-electron chi connectivity index (χ1n) is 10.6. The third-order valence-electron chi connectivity index (χ3n) is 6.93. The van der Waals surface area contributed by atoms with Crippen LogP contribution in [0.5, 0.6) is 0 Å². The Morgan fingerprint density at radius 1 is 1.13 bits per heavy atom. The fraction of sp³-hybridized carbons (Fsp3) is 0.667. The van der Waals surface area contributed by atoms with Crippen molar-refractivity contribution in [1.82, 2.24) is 24.6 Å². The Balaban J connectivity index is 1.37. The summed E-state index contributed by atoms with van der Waals surface area (Å²) in [5.41, 5.74) is 4.32. The molecule has 9 heteroatoms. The van der Waals surface area contributed by atoms with E-state index in [1.165, 1.54) is 11.3 Å². The average Bonchev–Trinajstić information content (AvgIpc) is 3.27. The Morgan fingerprint density at radius 3 is 2.67 bits per heavy atom. The third kappa shape index (κ3) is 3.47. The molecule has 1 spiro atoms. The van der Waals surface area contributed by atoms with Crippen LogP contribution in [0.4, 0.5) is 14.7 Å². The van der Waals surface area contributed by atoms with E-state index in [1.807, 2.05) is 29.0 Å². The summed E-state index contributed by atoms with van der Waals surface area (Å²) in [6.45, 7) is 6.51. The van der Waals surface area contributed by atoms with E-state index in [9.17, 15) is 8.78 Å². The van der Waals surface area contributed by atoms with Crippen molar-refractivity contribution >= 4 is 5.95 Å². The second-order valence-electron chi connectivity index (χ2n) is 9.00. The maximum absolute atomic E-state index is 13.6. The molecule has 0 aliphatic carbocycles. The summed E-state index contributed by atoms with van der Waals surface area (Å²) in [6.07, 6.45) is 4.46. The second kappa shape index (κ2) is 7.23. The van der Waals surface area contributed by atoms with E-state index in [-0.39, 0.29) is 18.3 Å². The number of aryl methyl sites for hydroxylation is 1. The molecule has 0 saturated carbocycles. The molecule has 30 heavy (non-hydrogen) atoms. The summed E-state index contributed by atoms with van der Waals surface area (Å²) < 4.78 is 35.0. The highest BCUT2D eigenvalue weighted by Gasteiger charge is 2.45. The molecular formula is C21H28F2N6O. The van der Waals surface area contributed by atoms with Crippen molar-refractivity contribution in [2.45, 2.75) is 50.7 Å². The molecule has 0 N–H and O–H groups in total. The zero-order valence-corrected chi connectivity index (χ0v) is 17.6. The van der Waals surface area contributed by atoms with Gasteiger partial charge in [-0.05, 0) is 19.9 Å². The number of aromatic nitrogens is 4. The zero-order chi connectivity index (χ0) is 20.9. The monoisotopic (exact) mass is 418 g/mol. The predicted octanol–water partition coefficient (Wildman–Crippen LogP) is 2.43. The van der Waals surface area contributed by atoms with Crippen LogP contribution in [0, 0.1) is 6.92 Å². The molecule has 1 unspecified atom stereocenters. The molecule has 2 fully saturated rings. The summed E-state index contributed by atoms with van der Waals surface area (Å²) in [4.78, 5) is 13.7. The molecule has 0 bridgehead atoms. The highest BCUT2D eigenvalue weighted by atomic mass is 19.3. The molecule has 2 aromatic rings. The van der Waals surface area contributed by atoms with Crippen LogP contribution >= 0.6 is 0 Å². The van der Waals surface area contributed by atoms with Gasteiger partial charge < -0.3 is 9.64 Å². The van der Waals surface area contributed by atoms with E-state index in [1.54, 1.807) is 0 Å². The van der Waals surface area contributed by atoms with Crippen molar-refractivity contribution in [3.8, 4) is 0 Å². The van der Waals surface area contributed by atoms with E-state index in [2.05, 4.69) is 21.9 Å². The fourth-order valence-corrected chi connectivity index (χ4v) is 4.92. The lowest BCUT2D eigenvalue weighted by atomic mass is 9.80. The number of rotatable bonds is 3. The zero-order valence-electron chi connectivity index (χ0n) is 17.6. The van der Waals surface area contributed by atoms with Gasteiger partial charge in [0.05, 0.1) is 30.5 Å². The molecule has 0 amide bonds. The van der Waals surface area contributed by atoms with Gasteiger partial charge in [0.1, 0.15) is 0 Å². The summed E-state index contributed by atoms with van der Waals surface area (Å²) >= 11 is 0. The van der Waals surface area contributed by atoms with Crippen molar-refractivity contribution in [3.63, 3.8) is 0 Å². The van der Waals surface area contributed by atoms with E-state index in [0.717, 1.165) is 37.3 Å². The molecule has 3 aliphatic heterocycles. The van der Waals surface area contributed by atoms with Gasteiger partial charge in [-0.1, -0.05) is 0 Å². The molecule has 5 heterocycles. The molecule has 2 aromatic heterocycles. The van der Waals surface area contributed by atoms with E-state index < -0.39 is 5.92 Å². The molecule has 2 saturated heterocycles. The van der Waals surface area contributed by atoms with E-state index in [4.69, 9.17) is 9.72 Å². The van der Waals surface area contributed by atoms with Gasteiger partial charge in [-0.15, -0.1) is 0 Å². The van der Waals surface area contributed by atoms with Crippen molar-refractivity contribution < 1.29 is 13.5 Å². The number of fused-ring (bicyclic) bond motifs is 2. The number of alkyl halides is 2. The van der Waals surface area contributed by atoms with Crippen molar-refractivity contribution in [3.05, 3.63) is 34.9 Å². The van der Waals surface area contributed by atoms with Crippen LogP contribution < -0.4 is 4.90 Å². The maximum Gasteiger partial charge on any atom is 0.251 e. The van der Waals surface area contributed by atoms with Crippen LogP contribution in [0.1, 0.15) is 41.8 Å². The first kappa shape index (κ1) is 19.8. The van der Waals surface area contributed by atoms with Gasteiger partial charge in [0.25, 0.3) is 5.92 Å². The second-order valence-corrected chi connectivity index (χ2v) is 9.00. The van der Waals surface area contributed by atoms with Gasteiger partial charge in [0.2, 0.25) is 5.95 Å². The van der Waals surface area contributed by atoms with E-state index >= 15 is 0 Å². The number of nitrogens with zero attached hydrogens (tertiary/aromatic N) is 6. The lowest BCUT2D eigenvalue weighted by Gasteiger charge is -2.36. The molecular weight excluding hydrogens is 390 g/mol. The van der Waals surface area contributed by atoms with Crippen LogP contribution in [-0.4, -0.2) is 63.4 Å². The summed E-state index contributed by atoms with van der Waals surface area (Å²) in [5, 5.41) is 4.36. The van der Waals surface area contributed by atoms with Crippen LogP contribution in [0.25, 0.3) is 0 Å². The lowest BCUT2D eigenvalue weighted by molar-refractivity contribution is -0.0223. The number of anilines is 1. The Kier molecular flexibility index (Phi) is 4.77. The Hall–Kier alpha value is -2.13. The third-order valence-corrected chi connectivity index (χ3v) is 6.93. The Morgan fingerprint density at radius 2 is 1.93 bits per heavy atom. The van der Waals surface area contributed by atoms with Gasteiger partial charge >= 0.3 is 0 Å². The minimum atomic E-state index is -2.57. The number of hydrogen-bond acceptors (Lipinski definition) is 6. The van der Waals surface area contributed by atoms with Crippen LogP contribution in [0.3, 0.4) is 0 Å². The molecule has 0 radical (unpaired) electrons. The van der Waals surface area contributed by atoms with Gasteiger partial charge in [0.15, 0.2) is 0 Å². The first-order chi connectivity index (χ1) is 14.4. The highest BCUT2D eigenvalue weighted by molar-refractivity contribution is 5.39. The number of halogens is 2. The molecule has 162 valence electrons. The molecule has 5 rings (SSSR count). The largest absolute Gasteiger partial charge is 0.376 e. The summed E-state index contributed by atoms with van der Waals surface area (Å²) in [5.74, 6) is -2.00. The van der Waals surface area contributed by atoms with Crippen molar-refractivity contribution in [2.24, 2.45) is 7.05 Å². The minimum absolute atomic E-state index is 0.139. The highest BCUT2D eigenvalue weighted by Crippen LogP contribution is 2.40. The molecule has 7 nitrogen and oxygen atoms in total. The fourth-order valence-electron chi connectivity index (χ4n) is 4.92. The SMILES string of the molecule is Cc1c(CN2CCC3(COCc4cnc(N5CCC(F)(F)CC5)nc43)C2)cnn1C. The van der Waals surface area contributed by atoms with Gasteiger partial charge in [-0.3, -0.25) is 9.58 Å². The smallest absolute Gasteiger partial charge is 0.251 e. The van der Waals surface area contributed by atoms with Crippen molar-refractivity contribution in [2.75, 3.05) is 37.7 Å². The lowest BCUT2D eigenvalue weighted by Crippen LogP contribution is -2.43. The molecule has 1 atom stereocenters. The number of ether oxygens (including phenoxy) is 1. The predicted molar refractivity (Wildman–Crippen MR) is 108 cm³/mol. The van der Waals surface area contributed by atoms with Gasteiger partial charge in [-0.25, -0.2) is 18.7 Å². The van der Waals surface area contributed by atoms with Crippen LogP contribution in [0.15, 0.2) is 12.4 Å². The Bertz CT molecular complexity index is 938. The Labute approximate surface area is 175 Å². The number of likely N-dealkylation sites (tertiary alicyclic amines) is 1. The quantitative estimate of drug-likeness (QED) is 0.763. The summed E-state index contributed by atoms with van der Waals surface area (Å²) in [7, 11) is 1.96. The normalized spacial score (nSPS) is 26.3. The molecule has 3 aliphatic rings.